The van der Waals surface area contributed by atoms with Gasteiger partial charge in [0.1, 0.15) is 5.75 Å². The van der Waals surface area contributed by atoms with Crippen LogP contribution < -0.4 is 20.3 Å². The lowest BCUT2D eigenvalue weighted by Crippen LogP contribution is -2.51. The topological polar surface area (TPSA) is 101 Å². The van der Waals surface area contributed by atoms with E-state index in [1.807, 2.05) is 18.2 Å². The van der Waals surface area contributed by atoms with Crippen LogP contribution in [0.1, 0.15) is 23.1 Å². The molecular weight excluding hydrogens is 372 g/mol. The zero-order valence-electron chi connectivity index (χ0n) is 15.8. The Kier molecular flexibility index (Phi) is 4.08. The zero-order valence-corrected chi connectivity index (χ0v) is 15.8. The lowest BCUT2D eigenvalue weighted by molar-refractivity contribution is -0.122. The van der Waals surface area contributed by atoms with Crippen LogP contribution in [0, 0.1) is 0 Å². The summed E-state index contributed by atoms with van der Waals surface area (Å²) in [6.45, 7) is 1.93. The highest BCUT2D eigenvalue weighted by atomic mass is 16.5. The molecule has 2 saturated heterocycles. The van der Waals surface area contributed by atoms with E-state index in [0.29, 0.717) is 11.6 Å². The molecule has 9 heteroatoms. The largest absolute Gasteiger partial charge is 0.497 e. The fourth-order valence-electron chi connectivity index (χ4n) is 3.85. The average molecular weight is 392 g/mol. The maximum absolute atomic E-state index is 12.3. The SMILES string of the molecule is COc1ccc(C2CN(c3cc(C4CNC(=O)NC4=O)nn4ccnc34)C2)cc1. The number of imide groups is 1. The smallest absolute Gasteiger partial charge is 0.321 e. The number of ether oxygens (including phenoxy) is 1. The number of hydrogen-bond donors (Lipinski definition) is 2. The molecule has 1 unspecified atom stereocenters. The Labute approximate surface area is 166 Å². The molecule has 0 aliphatic carbocycles. The summed E-state index contributed by atoms with van der Waals surface area (Å²) in [6, 6.07) is 9.59. The van der Waals surface area contributed by atoms with Gasteiger partial charge in [0.15, 0.2) is 5.65 Å². The van der Waals surface area contributed by atoms with E-state index in [9.17, 15) is 9.59 Å². The standard InChI is InChI=1S/C20H20N6O3/c1-29-14-4-2-12(3-5-14)13-10-25(11-13)17-8-16(24-26-7-6-21-18(17)26)15-9-22-20(28)23-19(15)27/h2-8,13,15H,9-11H2,1H3,(H2,22,23,27,28). The summed E-state index contributed by atoms with van der Waals surface area (Å²) in [5, 5.41) is 9.50. The van der Waals surface area contributed by atoms with Crippen molar-refractivity contribution in [3.63, 3.8) is 0 Å². The fourth-order valence-corrected chi connectivity index (χ4v) is 3.85. The number of imidazole rings is 1. The second-order valence-electron chi connectivity index (χ2n) is 7.28. The predicted octanol–water partition coefficient (Wildman–Crippen LogP) is 1.26. The van der Waals surface area contributed by atoms with E-state index in [1.165, 1.54) is 5.56 Å². The number of anilines is 1. The van der Waals surface area contributed by atoms with Crippen LogP contribution in [0.2, 0.25) is 0 Å². The van der Waals surface area contributed by atoms with Gasteiger partial charge in [-0.1, -0.05) is 12.1 Å². The molecule has 1 atom stereocenters. The van der Waals surface area contributed by atoms with E-state index in [4.69, 9.17) is 4.74 Å². The Balaban J connectivity index is 1.41. The molecule has 0 radical (unpaired) electrons. The Bertz CT molecular complexity index is 1090. The molecule has 2 aromatic heterocycles. The predicted molar refractivity (Wildman–Crippen MR) is 105 cm³/mol. The van der Waals surface area contributed by atoms with E-state index >= 15 is 0 Å². The zero-order chi connectivity index (χ0) is 20.0. The van der Waals surface area contributed by atoms with Crippen LogP contribution in [0.25, 0.3) is 5.65 Å². The molecule has 4 heterocycles. The quantitative estimate of drug-likeness (QED) is 0.693. The van der Waals surface area contributed by atoms with Gasteiger partial charge in [-0.25, -0.2) is 14.3 Å². The summed E-state index contributed by atoms with van der Waals surface area (Å²) in [4.78, 5) is 30.3. The number of aromatic nitrogens is 3. The summed E-state index contributed by atoms with van der Waals surface area (Å²) >= 11 is 0. The van der Waals surface area contributed by atoms with Crippen LogP contribution in [0.5, 0.6) is 5.75 Å². The van der Waals surface area contributed by atoms with E-state index < -0.39 is 11.9 Å². The molecule has 0 saturated carbocycles. The highest BCUT2D eigenvalue weighted by molar-refractivity contribution is 6.00. The van der Waals surface area contributed by atoms with Crippen LogP contribution in [-0.2, 0) is 4.79 Å². The first kappa shape index (κ1) is 17.5. The average Bonchev–Trinajstić information content (AvgIpc) is 3.16. The lowest BCUT2D eigenvalue weighted by Gasteiger charge is -2.41. The van der Waals surface area contributed by atoms with Gasteiger partial charge in [0.25, 0.3) is 0 Å². The van der Waals surface area contributed by atoms with Gasteiger partial charge in [0.05, 0.1) is 24.4 Å². The molecule has 1 aromatic carbocycles. The number of carbonyl (C=O) groups is 2. The van der Waals surface area contributed by atoms with Gasteiger partial charge >= 0.3 is 6.03 Å². The van der Waals surface area contributed by atoms with Crippen molar-refractivity contribution in [2.45, 2.75) is 11.8 Å². The number of benzene rings is 1. The van der Waals surface area contributed by atoms with Gasteiger partial charge in [-0.3, -0.25) is 10.1 Å². The lowest BCUT2D eigenvalue weighted by atomic mass is 9.90. The molecule has 2 aliphatic rings. The molecule has 0 spiro atoms. The van der Waals surface area contributed by atoms with Crippen molar-refractivity contribution >= 4 is 23.3 Å². The number of nitrogens with one attached hydrogen (secondary N) is 2. The van der Waals surface area contributed by atoms with Crippen molar-refractivity contribution < 1.29 is 14.3 Å². The summed E-state index contributed by atoms with van der Waals surface area (Å²) in [6.07, 6.45) is 3.46. The first-order chi connectivity index (χ1) is 14.1. The molecule has 2 aliphatic heterocycles. The van der Waals surface area contributed by atoms with Crippen LogP contribution in [0.3, 0.4) is 0 Å². The van der Waals surface area contributed by atoms with E-state index in [0.717, 1.165) is 30.2 Å². The van der Waals surface area contributed by atoms with Gasteiger partial charge in [-0.15, -0.1) is 0 Å². The molecule has 29 heavy (non-hydrogen) atoms. The Morgan fingerprint density at radius 2 is 1.97 bits per heavy atom. The molecule has 3 aromatic rings. The summed E-state index contributed by atoms with van der Waals surface area (Å²) < 4.78 is 6.92. The van der Waals surface area contributed by atoms with Crippen LogP contribution >= 0.6 is 0 Å². The van der Waals surface area contributed by atoms with Crippen LogP contribution in [0.4, 0.5) is 10.5 Å². The van der Waals surface area contributed by atoms with Crippen molar-refractivity contribution in [1.82, 2.24) is 25.2 Å². The third kappa shape index (κ3) is 3.04. The second-order valence-corrected chi connectivity index (χ2v) is 7.28. The van der Waals surface area contributed by atoms with Crippen molar-refractivity contribution in [2.75, 3.05) is 31.6 Å². The number of rotatable bonds is 4. The Morgan fingerprint density at radius 1 is 1.17 bits per heavy atom. The second kappa shape index (κ2) is 6.77. The molecule has 3 amide bonds. The van der Waals surface area contributed by atoms with Gasteiger partial charge in [0, 0.05) is 37.9 Å². The molecule has 0 bridgehead atoms. The molecule has 2 N–H and O–H groups in total. The Hall–Kier alpha value is -3.62. The summed E-state index contributed by atoms with van der Waals surface area (Å²) in [7, 11) is 1.66. The number of amides is 3. The minimum absolute atomic E-state index is 0.228. The number of fused-ring (bicyclic) bond motifs is 1. The van der Waals surface area contributed by atoms with Crippen LogP contribution in [-0.4, -0.2) is 53.3 Å². The van der Waals surface area contributed by atoms with E-state index in [2.05, 4.69) is 37.7 Å². The van der Waals surface area contributed by atoms with Gasteiger partial charge in [-0.05, 0) is 23.8 Å². The molecule has 5 rings (SSSR count). The molecular formula is C20H20N6O3. The summed E-state index contributed by atoms with van der Waals surface area (Å²) in [5.74, 6) is 0.397. The van der Waals surface area contributed by atoms with E-state index in [1.54, 1.807) is 24.0 Å². The highest BCUT2D eigenvalue weighted by Gasteiger charge is 2.33. The minimum atomic E-state index is -0.531. The van der Waals surface area contributed by atoms with Crippen molar-refractivity contribution in [3.05, 3.63) is 54.0 Å². The molecule has 148 valence electrons. The van der Waals surface area contributed by atoms with E-state index in [-0.39, 0.29) is 12.5 Å². The third-order valence-electron chi connectivity index (χ3n) is 5.55. The molecule has 9 nitrogen and oxygen atoms in total. The Morgan fingerprint density at radius 3 is 2.69 bits per heavy atom. The van der Waals surface area contributed by atoms with Crippen LogP contribution in [0.15, 0.2) is 42.7 Å². The first-order valence-electron chi connectivity index (χ1n) is 9.44. The van der Waals surface area contributed by atoms with Gasteiger partial charge < -0.3 is 15.0 Å². The normalized spacial score (nSPS) is 19.6. The maximum Gasteiger partial charge on any atom is 0.321 e. The number of urea groups is 1. The minimum Gasteiger partial charge on any atom is -0.497 e. The van der Waals surface area contributed by atoms with Gasteiger partial charge in [-0.2, -0.15) is 5.10 Å². The third-order valence-corrected chi connectivity index (χ3v) is 5.55. The maximum atomic E-state index is 12.3. The fraction of sp³-hybridized carbons (Fsp3) is 0.300. The van der Waals surface area contributed by atoms with Crippen molar-refractivity contribution in [1.29, 1.82) is 0 Å². The summed E-state index contributed by atoms with van der Waals surface area (Å²) in [5.41, 5.74) is 3.57. The highest BCUT2D eigenvalue weighted by Crippen LogP contribution is 2.35. The van der Waals surface area contributed by atoms with Crippen molar-refractivity contribution in [2.24, 2.45) is 0 Å². The molecule has 2 fully saturated rings. The first-order valence-corrected chi connectivity index (χ1v) is 9.44. The monoisotopic (exact) mass is 392 g/mol. The number of carbonyl (C=O) groups excluding carboxylic acids is 2. The number of nitrogens with zero attached hydrogens (tertiary/aromatic N) is 4. The van der Waals surface area contributed by atoms with Gasteiger partial charge in [0.2, 0.25) is 5.91 Å². The van der Waals surface area contributed by atoms with Crippen molar-refractivity contribution in [3.8, 4) is 5.75 Å². The number of methoxy groups -OCH3 is 1. The number of hydrogen-bond acceptors (Lipinski definition) is 6.